The molecule has 1 aromatic carbocycles. The second-order valence-corrected chi connectivity index (χ2v) is 7.48. The molecule has 7 nitrogen and oxygen atoms in total. The Morgan fingerprint density at radius 1 is 1.21 bits per heavy atom. The van der Waals surface area contributed by atoms with Gasteiger partial charge in [0.25, 0.3) is 0 Å². The monoisotopic (exact) mass is 427 g/mol. The van der Waals surface area contributed by atoms with Crippen LogP contribution in [0.2, 0.25) is 0 Å². The molecule has 0 saturated heterocycles. The lowest BCUT2D eigenvalue weighted by atomic mass is 9.87. The second kappa shape index (κ2) is 13.4. The lowest BCUT2D eigenvalue weighted by Crippen LogP contribution is -2.42. The van der Waals surface area contributed by atoms with E-state index in [0.29, 0.717) is 18.4 Å². The van der Waals surface area contributed by atoms with Crippen LogP contribution in [0.1, 0.15) is 50.5 Å². The predicted molar refractivity (Wildman–Crippen MR) is 114 cm³/mol. The van der Waals surface area contributed by atoms with Crippen LogP contribution < -0.4 is 10.6 Å². The third kappa shape index (κ3) is 8.45. The molecule has 156 valence electrons. The molecule has 0 aromatic heterocycles. The number of rotatable bonds is 11. The van der Waals surface area contributed by atoms with E-state index in [2.05, 4.69) is 21.9 Å². The molecule has 3 atom stereocenters. The Morgan fingerprint density at radius 2 is 1.89 bits per heavy atom. The fraction of sp³-hybridized carbons (Fsp3) is 0.579. The summed E-state index contributed by atoms with van der Waals surface area (Å²) in [5, 5.41) is 5.48. The summed E-state index contributed by atoms with van der Waals surface area (Å²) in [6.07, 6.45) is 3.97. The lowest BCUT2D eigenvalue weighted by molar-refractivity contribution is -0.121. The molecule has 3 unspecified atom stereocenters. The van der Waals surface area contributed by atoms with Gasteiger partial charge in [-0.3, -0.25) is 4.79 Å². The van der Waals surface area contributed by atoms with Crippen molar-refractivity contribution in [2.75, 3.05) is 14.2 Å². The van der Waals surface area contributed by atoms with Crippen LogP contribution in [0, 0.1) is 0 Å². The number of hydrogen-bond acceptors (Lipinski definition) is 6. The summed E-state index contributed by atoms with van der Waals surface area (Å²) < 4.78 is 32.0. The number of nitrogens with zero attached hydrogens (tertiary/aromatic N) is 1. The Bertz CT molecular complexity index is 746. The van der Waals surface area contributed by atoms with Gasteiger partial charge in [0.05, 0.1) is 18.1 Å². The van der Waals surface area contributed by atoms with Crippen molar-refractivity contribution in [3.05, 3.63) is 35.9 Å². The maximum absolute atomic E-state index is 12.9. The van der Waals surface area contributed by atoms with E-state index >= 15 is 0 Å². The lowest BCUT2D eigenvalue weighted by Gasteiger charge is -2.23. The number of carbonyl (C=O) groups is 1. The van der Waals surface area contributed by atoms with Crippen LogP contribution in [-0.2, 0) is 20.0 Å². The van der Waals surface area contributed by atoms with Crippen molar-refractivity contribution < 1.29 is 17.9 Å². The maximum Gasteiger partial charge on any atom is 0.311 e. The molecule has 1 aromatic rings. The highest BCUT2D eigenvalue weighted by Crippen LogP contribution is 2.27. The highest BCUT2D eigenvalue weighted by atomic mass is 32.2. The molecule has 0 fully saturated rings. The van der Waals surface area contributed by atoms with Gasteiger partial charge in [-0.05, 0) is 43.5 Å². The van der Waals surface area contributed by atoms with E-state index in [-0.39, 0.29) is 17.1 Å². The van der Waals surface area contributed by atoms with Gasteiger partial charge in [-0.15, -0.1) is 0 Å². The normalized spacial score (nSPS) is 13.8. The number of carbonyl (C=O) groups excluding carboxylic acids is 1. The van der Waals surface area contributed by atoms with Crippen LogP contribution in [0.15, 0.2) is 34.7 Å². The van der Waals surface area contributed by atoms with E-state index in [1.54, 1.807) is 38.4 Å². The molecule has 0 aliphatic rings. The van der Waals surface area contributed by atoms with Crippen LogP contribution in [-0.4, -0.2) is 45.7 Å². The third-order valence-electron chi connectivity index (χ3n) is 4.48. The maximum atomic E-state index is 12.9. The molecule has 9 heteroatoms. The summed E-state index contributed by atoms with van der Waals surface area (Å²) in [5.74, 6) is -1.15. The molecule has 0 saturated carbocycles. The Hall–Kier alpha value is -1.84. The minimum atomic E-state index is -2.63. The number of nitrogens with one attached hydrogen (secondary N) is 2. The van der Waals surface area contributed by atoms with Gasteiger partial charge < -0.3 is 15.4 Å². The van der Waals surface area contributed by atoms with Gasteiger partial charge in [-0.1, -0.05) is 43.7 Å². The van der Waals surface area contributed by atoms with Crippen molar-refractivity contribution in [2.24, 2.45) is 4.36 Å². The van der Waals surface area contributed by atoms with Gasteiger partial charge >= 0.3 is 10.5 Å². The van der Waals surface area contributed by atoms with E-state index in [4.69, 9.17) is 17.0 Å². The first kappa shape index (κ1) is 24.2. The fourth-order valence-electron chi connectivity index (χ4n) is 3.11. The van der Waals surface area contributed by atoms with Crippen molar-refractivity contribution in [1.82, 2.24) is 10.6 Å². The summed E-state index contributed by atoms with van der Waals surface area (Å²) >= 11 is 5.03. The standard InChI is InChI=1S/C19H29N3O4S2/c1-4-9-15(26-3)12-8-13-16(22-28(24)25)17(14-10-6-5-7-11-14)18(23)21-19(27)20-2/h5-7,10-11,15-17H,4,8-9,12-13H2,1-3H3,(H2,20,21,23,27). The number of thiocarbonyl (C=S) groups is 1. The van der Waals surface area contributed by atoms with Gasteiger partial charge in [0.15, 0.2) is 5.11 Å². The molecule has 0 bridgehead atoms. The van der Waals surface area contributed by atoms with Crippen LogP contribution in [0.4, 0.5) is 0 Å². The van der Waals surface area contributed by atoms with Gasteiger partial charge in [0.2, 0.25) is 5.91 Å². The minimum Gasteiger partial charge on any atom is -0.381 e. The van der Waals surface area contributed by atoms with Gasteiger partial charge in [-0.2, -0.15) is 12.8 Å². The number of methoxy groups -OCH3 is 1. The summed E-state index contributed by atoms with van der Waals surface area (Å²) in [5.41, 5.74) is 0.690. The van der Waals surface area contributed by atoms with Crippen molar-refractivity contribution in [2.45, 2.75) is 57.1 Å². The average molecular weight is 428 g/mol. The number of ether oxygens (including phenoxy) is 1. The van der Waals surface area contributed by atoms with Crippen LogP contribution >= 0.6 is 12.2 Å². The van der Waals surface area contributed by atoms with Crippen LogP contribution in [0.5, 0.6) is 0 Å². The summed E-state index contributed by atoms with van der Waals surface area (Å²) in [7, 11) is 0.654. The van der Waals surface area contributed by atoms with Gasteiger partial charge in [-0.25, -0.2) is 0 Å². The summed E-state index contributed by atoms with van der Waals surface area (Å²) in [6.45, 7) is 2.09. The van der Waals surface area contributed by atoms with E-state index < -0.39 is 22.5 Å². The quantitative estimate of drug-likeness (QED) is 0.527. The molecule has 0 radical (unpaired) electrons. The second-order valence-electron chi connectivity index (χ2n) is 6.42. The topological polar surface area (TPSA) is 96.9 Å². The molecule has 2 N–H and O–H groups in total. The van der Waals surface area contributed by atoms with E-state index in [1.165, 1.54) is 0 Å². The predicted octanol–water partition coefficient (Wildman–Crippen LogP) is 2.81. The zero-order chi connectivity index (χ0) is 20.9. The molecule has 1 rings (SSSR count). The van der Waals surface area contributed by atoms with Crippen molar-refractivity contribution in [1.29, 1.82) is 0 Å². The number of benzene rings is 1. The van der Waals surface area contributed by atoms with Crippen molar-refractivity contribution >= 4 is 33.7 Å². The Morgan fingerprint density at radius 3 is 2.43 bits per heavy atom. The minimum absolute atomic E-state index is 0.115. The zero-order valence-corrected chi connectivity index (χ0v) is 18.2. The molecule has 28 heavy (non-hydrogen) atoms. The summed E-state index contributed by atoms with van der Waals surface area (Å²) in [6, 6.07) is 8.30. The molecular weight excluding hydrogens is 398 g/mol. The molecule has 0 aliphatic heterocycles. The molecule has 0 spiro atoms. The van der Waals surface area contributed by atoms with Crippen molar-refractivity contribution in [3.63, 3.8) is 0 Å². The van der Waals surface area contributed by atoms with Crippen LogP contribution in [0.25, 0.3) is 0 Å². The highest BCUT2D eigenvalue weighted by Gasteiger charge is 2.31. The Kier molecular flexibility index (Phi) is 11.5. The van der Waals surface area contributed by atoms with E-state index in [1.807, 2.05) is 6.07 Å². The Balaban J connectivity index is 3.09. The zero-order valence-electron chi connectivity index (χ0n) is 16.6. The van der Waals surface area contributed by atoms with E-state index in [9.17, 15) is 13.2 Å². The van der Waals surface area contributed by atoms with E-state index in [0.717, 1.165) is 19.3 Å². The molecular formula is C19H29N3O4S2. The first-order valence-electron chi connectivity index (χ1n) is 9.33. The summed E-state index contributed by atoms with van der Waals surface area (Å²) in [4.78, 5) is 12.9. The number of hydrogen-bond donors (Lipinski definition) is 2. The smallest absolute Gasteiger partial charge is 0.311 e. The fourth-order valence-corrected chi connectivity index (χ4v) is 3.66. The molecule has 0 aliphatic carbocycles. The first-order chi connectivity index (χ1) is 13.4. The first-order valence-corrected chi connectivity index (χ1v) is 10.8. The molecule has 0 heterocycles. The van der Waals surface area contributed by atoms with Crippen molar-refractivity contribution in [3.8, 4) is 0 Å². The SMILES string of the molecule is CCCC(CCCC(N=S(=O)=O)C(C(=O)NC(=S)NC)c1ccccc1)OC. The number of amides is 1. The van der Waals surface area contributed by atoms with Gasteiger partial charge in [0, 0.05) is 14.2 Å². The Labute approximate surface area is 174 Å². The molecule has 1 amide bonds. The van der Waals surface area contributed by atoms with Crippen LogP contribution in [0.3, 0.4) is 0 Å². The highest BCUT2D eigenvalue weighted by molar-refractivity contribution is 7.80. The van der Waals surface area contributed by atoms with Gasteiger partial charge in [0.1, 0.15) is 0 Å². The third-order valence-corrected chi connectivity index (χ3v) is 5.23. The largest absolute Gasteiger partial charge is 0.381 e. The average Bonchev–Trinajstić information content (AvgIpc) is 2.67.